The number of esters is 1. The maximum atomic E-state index is 11.4. The lowest BCUT2D eigenvalue weighted by molar-refractivity contribution is -0.153. The molecule has 94 valence electrons. The van der Waals surface area contributed by atoms with Gasteiger partial charge in [0, 0.05) is 0 Å². The Balaban J connectivity index is 2.09. The second-order valence-electron chi connectivity index (χ2n) is 6.00. The molecule has 0 saturated heterocycles. The molecule has 1 rings (SSSR count). The summed E-state index contributed by atoms with van der Waals surface area (Å²) in [5.74, 6) is 1.45. The molecule has 1 aliphatic carbocycles. The van der Waals surface area contributed by atoms with Crippen LogP contribution in [0.2, 0.25) is 0 Å². The first-order valence-corrected chi connectivity index (χ1v) is 6.29. The third kappa shape index (κ3) is 5.50. The number of hydrogen-bond donors (Lipinski definition) is 1. The van der Waals surface area contributed by atoms with Gasteiger partial charge >= 0.3 is 5.97 Å². The summed E-state index contributed by atoms with van der Waals surface area (Å²) in [7, 11) is 0. The summed E-state index contributed by atoms with van der Waals surface area (Å²) in [4.78, 5) is 11.4. The molecular weight excluding hydrogens is 202 g/mol. The molecule has 2 atom stereocenters. The Morgan fingerprint density at radius 2 is 2.06 bits per heavy atom. The summed E-state index contributed by atoms with van der Waals surface area (Å²) in [5.41, 5.74) is -0.374. The highest BCUT2D eigenvalue weighted by atomic mass is 16.6. The summed E-state index contributed by atoms with van der Waals surface area (Å²) < 4.78 is 5.22. The highest BCUT2D eigenvalue weighted by Gasteiger charge is 2.21. The molecule has 0 aliphatic heterocycles. The summed E-state index contributed by atoms with van der Waals surface area (Å²) in [5, 5.41) is 3.20. The van der Waals surface area contributed by atoms with Gasteiger partial charge in [-0.2, -0.15) is 0 Å². The fraction of sp³-hybridized carbons (Fsp3) is 0.923. The van der Waals surface area contributed by atoms with Gasteiger partial charge in [0.25, 0.3) is 0 Å². The Kier molecular flexibility index (Phi) is 4.78. The van der Waals surface area contributed by atoms with Crippen LogP contribution in [0.3, 0.4) is 0 Å². The van der Waals surface area contributed by atoms with Gasteiger partial charge < -0.3 is 10.1 Å². The lowest BCUT2D eigenvalue weighted by Crippen LogP contribution is -2.33. The van der Waals surface area contributed by atoms with Crippen molar-refractivity contribution in [3.63, 3.8) is 0 Å². The van der Waals surface area contributed by atoms with E-state index in [-0.39, 0.29) is 11.6 Å². The standard InChI is InChI=1S/C13H25NO2/c1-10-5-6-11(7-10)8-14-9-12(15)16-13(2,3)4/h10-11,14H,5-9H2,1-4H3. The van der Waals surface area contributed by atoms with Crippen LogP contribution in [-0.4, -0.2) is 24.7 Å². The second kappa shape index (κ2) is 5.67. The SMILES string of the molecule is CC1CCC(CNCC(=O)OC(C)(C)C)C1. The predicted octanol–water partition coefficient (Wildman–Crippen LogP) is 2.35. The Morgan fingerprint density at radius 3 is 2.56 bits per heavy atom. The molecule has 1 fully saturated rings. The summed E-state index contributed by atoms with van der Waals surface area (Å²) >= 11 is 0. The zero-order chi connectivity index (χ0) is 12.2. The van der Waals surface area contributed by atoms with Crippen molar-refractivity contribution >= 4 is 5.97 Å². The third-order valence-corrected chi connectivity index (χ3v) is 2.93. The topological polar surface area (TPSA) is 38.3 Å². The monoisotopic (exact) mass is 227 g/mol. The molecule has 2 unspecified atom stereocenters. The highest BCUT2D eigenvalue weighted by molar-refractivity contribution is 5.72. The summed E-state index contributed by atoms with van der Waals surface area (Å²) in [6, 6.07) is 0. The lowest BCUT2D eigenvalue weighted by atomic mass is 10.1. The van der Waals surface area contributed by atoms with E-state index in [0.717, 1.165) is 18.4 Å². The van der Waals surface area contributed by atoms with Crippen molar-refractivity contribution in [2.45, 2.75) is 52.6 Å². The molecule has 3 heteroatoms. The zero-order valence-electron chi connectivity index (χ0n) is 11.0. The van der Waals surface area contributed by atoms with Crippen molar-refractivity contribution in [2.75, 3.05) is 13.1 Å². The Morgan fingerprint density at radius 1 is 1.38 bits per heavy atom. The first-order chi connectivity index (χ1) is 7.37. The number of nitrogens with one attached hydrogen (secondary N) is 1. The number of carbonyl (C=O) groups excluding carboxylic acids is 1. The first-order valence-electron chi connectivity index (χ1n) is 6.29. The maximum absolute atomic E-state index is 11.4. The van der Waals surface area contributed by atoms with E-state index in [4.69, 9.17) is 4.74 Å². The van der Waals surface area contributed by atoms with Crippen LogP contribution in [0.4, 0.5) is 0 Å². The molecule has 16 heavy (non-hydrogen) atoms. The van der Waals surface area contributed by atoms with Crippen LogP contribution in [0.5, 0.6) is 0 Å². The van der Waals surface area contributed by atoms with Gasteiger partial charge in [0.2, 0.25) is 0 Å². The van der Waals surface area contributed by atoms with Gasteiger partial charge in [-0.1, -0.05) is 13.3 Å². The minimum atomic E-state index is -0.374. The van der Waals surface area contributed by atoms with Crippen LogP contribution >= 0.6 is 0 Å². The normalized spacial score (nSPS) is 25.8. The van der Waals surface area contributed by atoms with Crippen LogP contribution in [0, 0.1) is 11.8 Å². The van der Waals surface area contributed by atoms with E-state index in [1.54, 1.807) is 0 Å². The summed E-state index contributed by atoms with van der Waals surface area (Å²) in [6.07, 6.45) is 3.92. The van der Waals surface area contributed by atoms with Crippen molar-refractivity contribution in [1.82, 2.24) is 5.32 Å². The first kappa shape index (κ1) is 13.5. The zero-order valence-corrected chi connectivity index (χ0v) is 11.0. The molecule has 0 bridgehead atoms. The molecule has 0 spiro atoms. The molecule has 1 saturated carbocycles. The van der Waals surface area contributed by atoms with E-state index < -0.39 is 0 Å². The predicted molar refractivity (Wildman–Crippen MR) is 65.2 cm³/mol. The van der Waals surface area contributed by atoms with Crippen molar-refractivity contribution in [3.05, 3.63) is 0 Å². The fourth-order valence-corrected chi connectivity index (χ4v) is 2.27. The minimum Gasteiger partial charge on any atom is -0.459 e. The number of hydrogen-bond acceptors (Lipinski definition) is 3. The Bertz CT molecular complexity index is 233. The Hall–Kier alpha value is -0.570. The van der Waals surface area contributed by atoms with Crippen molar-refractivity contribution in [3.8, 4) is 0 Å². The van der Waals surface area contributed by atoms with E-state index >= 15 is 0 Å². The molecule has 0 aromatic carbocycles. The van der Waals surface area contributed by atoms with Gasteiger partial charge in [-0.25, -0.2) is 0 Å². The third-order valence-electron chi connectivity index (χ3n) is 2.93. The van der Waals surface area contributed by atoms with Crippen LogP contribution in [0.15, 0.2) is 0 Å². The largest absolute Gasteiger partial charge is 0.459 e. The lowest BCUT2D eigenvalue weighted by Gasteiger charge is -2.20. The van der Waals surface area contributed by atoms with Gasteiger partial charge in [0.15, 0.2) is 0 Å². The molecule has 0 heterocycles. The van der Waals surface area contributed by atoms with E-state index in [1.807, 2.05) is 20.8 Å². The average Bonchev–Trinajstić information content (AvgIpc) is 2.48. The van der Waals surface area contributed by atoms with Gasteiger partial charge in [0.1, 0.15) is 5.60 Å². The molecule has 0 aromatic heterocycles. The maximum Gasteiger partial charge on any atom is 0.320 e. The van der Waals surface area contributed by atoms with Gasteiger partial charge in [-0.05, 0) is 52.0 Å². The number of carbonyl (C=O) groups is 1. The summed E-state index contributed by atoms with van der Waals surface area (Å²) in [6.45, 7) is 9.26. The molecular formula is C13H25NO2. The smallest absolute Gasteiger partial charge is 0.320 e. The van der Waals surface area contributed by atoms with E-state index in [9.17, 15) is 4.79 Å². The Labute approximate surface area is 98.9 Å². The van der Waals surface area contributed by atoms with Gasteiger partial charge in [-0.3, -0.25) is 4.79 Å². The molecule has 0 aromatic rings. The van der Waals surface area contributed by atoms with E-state index in [1.165, 1.54) is 19.3 Å². The van der Waals surface area contributed by atoms with Crippen LogP contribution in [0.1, 0.15) is 47.0 Å². The molecule has 0 radical (unpaired) electrons. The van der Waals surface area contributed by atoms with Crippen LogP contribution < -0.4 is 5.32 Å². The molecule has 1 aliphatic rings. The molecule has 3 nitrogen and oxygen atoms in total. The quantitative estimate of drug-likeness (QED) is 0.749. The van der Waals surface area contributed by atoms with E-state index in [0.29, 0.717) is 6.54 Å². The van der Waals surface area contributed by atoms with E-state index in [2.05, 4.69) is 12.2 Å². The highest BCUT2D eigenvalue weighted by Crippen LogP contribution is 2.29. The van der Waals surface area contributed by atoms with Crippen LogP contribution in [0.25, 0.3) is 0 Å². The minimum absolute atomic E-state index is 0.154. The van der Waals surface area contributed by atoms with Crippen molar-refractivity contribution in [1.29, 1.82) is 0 Å². The average molecular weight is 227 g/mol. The van der Waals surface area contributed by atoms with Crippen LogP contribution in [-0.2, 0) is 9.53 Å². The second-order valence-corrected chi connectivity index (χ2v) is 6.00. The molecule has 0 amide bonds. The van der Waals surface area contributed by atoms with Gasteiger partial charge in [0.05, 0.1) is 6.54 Å². The number of rotatable bonds is 4. The molecule has 1 N–H and O–H groups in total. The fourth-order valence-electron chi connectivity index (χ4n) is 2.27. The number of ether oxygens (including phenoxy) is 1. The van der Waals surface area contributed by atoms with Crippen molar-refractivity contribution in [2.24, 2.45) is 11.8 Å². The van der Waals surface area contributed by atoms with Gasteiger partial charge in [-0.15, -0.1) is 0 Å². The van der Waals surface area contributed by atoms with Crippen molar-refractivity contribution < 1.29 is 9.53 Å².